The van der Waals surface area contributed by atoms with Crippen LogP contribution < -0.4 is 9.80 Å². The van der Waals surface area contributed by atoms with Crippen LogP contribution in [0.5, 0.6) is 0 Å². The van der Waals surface area contributed by atoms with Crippen molar-refractivity contribution in [2.75, 3.05) is 9.80 Å². The molecule has 0 aliphatic rings. The van der Waals surface area contributed by atoms with Crippen LogP contribution in [0.2, 0.25) is 0 Å². The molecule has 5 heteroatoms. The highest BCUT2D eigenvalue weighted by Gasteiger charge is 2.26. The molecule has 16 rings (SSSR count). The van der Waals surface area contributed by atoms with Crippen molar-refractivity contribution >= 4 is 121 Å². The molecule has 0 aliphatic heterocycles. The van der Waals surface area contributed by atoms with Crippen molar-refractivity contribution in [3.8, 4) is 17.1 Å². The molecule has 0 N–H and O–H groups in total. The molecule has 0 unspecified atom stereocenters. The first-order chi connectivity index (χ1) is 39.2. The summed E-state index contributed by atoms with van der Waals surface area (Å²) in [5.74, 6) is 0. The molecule has 0 atom stereocenters. The van der Waals surface area contributed by atoms with Gasteiger partial charge in [0.2, 0.25) is 0 Å². The molecular formula is C74H49N5. The smallest absolute Gasteiger partial charge is 0.0641 e. The molecule has 0 aliphatic carbocycles. The standard InChI is InChI=1S/C74H49N5/c1-4-24-52(25-5-1)75(65-36-18-22-50-20-10-12-30-59(50)65)55-38-42-57(43-39-55)77-67-34-16-14-32-63(67)71-69(77)48-46-61-62-47-49-70-72(74(62)79(73(61)71)54-28-8-3-9-29-54)64-33-15-17-35-68(64)78(70)58-44-40-56(41-45-58)76(53-26-6-2-7-27-53)66-37-19-23-51-21-11-13-31-60(51)66/h1-49H. The summed E-state index contributed by atoms with van der Waals surface area (Å²) >= 11 is 0. The van der Waals surface area contributed by atoms with E-state index in [2.05, 4.69) is 321 Å². The predicted octanol–water partition coefficient (Wildman–Crippen LogP) is 20.2. The SMILES string of the molecule is c1ccc(N(c2ccc(-n3c4ccccc4c4c3ccc3c5ccc6c(c7ccccc7n6-c6ccc(N(c7ccccc7)c7cccc8ccccc78)cc6)c5n(-c5ccccc5)c34)cc2)c2cccc3ccccc23)cc1. The van der Waals surface area contributed by atoms with Crippen LogP contribution in [0.15, 0.2) is 297 Å². The number of fused-ring (bicyclic) bond motifs is 13. The lowest BCUT2D eigenvalue weighted by Gasteiger charge is -2.27. The summed E-state index contributed by atoms with van der Waals surface area (Å²) in [4.78, 5) is 4.75. The average Bonchev–Trinajstić information content (AvgIpc) is 4.34. The molecule has 0 bridgehead atoms. The van der Waals surface area contributed by atoms with Crippen LogP contribution in [-0.4, -0.2) is 13.7 Å². The molecule has 16 aromatic rings. The van der Waals surface area contributed by atoms with Gasteiger partial charge in [-0.15, -0.1) is 0 Å². The Hall–Kier alpha value is -10.6. The van der Waals surface area contributed by atoms with Crippen LogP contribution in [0.4, 0.5) is 34.1 Å². The molecule has 0 saturated heterocycles. The van der Waals surface area contributed by atoms with Gasteiger partial charge in [0, 0.05) is 82.9 Å². The first-order valence-corrected chi connectivity index (χ1v) is 27.1. The van der Waals surface area contributed by atoms with E-state index < -0.39 is 0 Å². The fraction of sp³-hybridized carbons (Fsp3) is 0. The molecule has 0 radical (unpaired) electrons. The number of aromatic nitrogens is 3. The summed E-state index contributed by atoms with van der Waals surface area (Å²) in [5, 5.41) is 12.1. The average molecular weight is 1010 g/mol. The maximum atomic E-state index is 2.55. The lowest BCUT2D eigenvalue weighted by molar-refractivity contribution is 1.17. The van der Waals surface area contributed by atoms with Gasteiger partial charge in [0.1, 0.15) is 0 Å². The Morgan fingerprint density at radius 3 is 0.987 bits per heavy atom. The van der Waals surface area contributed by atoms with Crippen molar-refractivity contribution in [3.05, 3.63) is 297 Å². The maximum absolute atomic E-state index is 2.55. The number of anilines is 6. The van der Waals surface area contributed by atoms with Gasteiger partial charge in [-0.05, 0) is 132 Å². The van der Waals surface area contributed by atoms with Crippen LogP contribution in [0, 0.1) is 0 Å². The summed E-state index contributed by atoms with van der Waals surface area (Å²) in [7, 11) is 0. The van der Waals surface area contributed by atoms with E-state index >= 15 is 0 Å². The van der Waals surface area contributed by atoms with Gasteiger partial charge in [-0.1, -0.05) is 176 Å². The Morgan fingerprint density at radius 1 is 0.203 bits per heavy atom. The van der Waals surface area contributed by atoms with Gasteiger partial charge in [0.05, 0.1) is 44.5 Å². The number of hydrogen-bond donors (Lipinski definition) is 0. The minimum Gasteiger partial charge on any atom is -0.310 e. The molecule has 370 valence electrons. The number of hydrogen-bond acceptors (Lipinski definition) is 2. The van der Waals surface area contributed by atoms with Gasteiger partial charge < -0.3 is 23.5 Å². The molecule has 0 saturated carbocycles. The zero-order chi connectivity index (χ0) is 52.0. The van der Waals surface area contributed by atoms with Crippen LogP contribution in [0.25, 0.3) is 104 Å². The van der Waals surface area contributed by atoms with Crippen LogP contribution in [0.3, 0.4) is 0 Å². The third-order valence-corrected chi connectivity index (χ3v) is 16.2. The van der Waals surface area contributed by atoms with E-state index in [-0.39, 0.29) is 0 Å². The van der Waals surface area contributed by atoms with Crippen molar-refractivity contribution in [2.24, 2.45) is 0 Å². The lowest BCUT2D eigenvalue weighted by atomic mass is 10.1. The van der Waals surface area contributed by atoms with E-state index in [0.717, 1.165) is 73.3 Å². The first-order valence-electron chi connectivity index (χ1n) is 27.1. The lowest BCUT2D eigenvalue weighted by Crippen LogP contribution is -2.10. The van der Waals surface area contributed by atoms with E-state index in [4.69, 9.17) is 0 Å². The van der Waals surface area contributed by atoms with Crippen molar-refractivity contribution in [3.63, 3.8) is 0 Å². The third-order valence-electron chi connectivity index (χ3n) is 16.2. The van der Waals surface area contributed by atoms with E-state index in [9.17, 15) is 0 Å². The Morgan fingerprint density at radius 2 is 0.544 bits per heavy atom. The second kappa shape index (κ2) is 18.0. The fourth-order valence-electron chi connectivity index (χ4n) is 12.8. The van der Waals surface area contributed by atoms with Gasteiger partial charge in [0.15, 0.2) is 0 Å². The van der Waals surface area contributed by atoms with Crippen LogP contribution >= 0.6 is 0 Å². The van der Waals surface area contributed by atoms with Crippen molar-refractivity contribution in [1.82, 2.24) is 13.7 Å². The highest BCUT2D eigenvalue weighted by molar-refractivity contribution is 6.31. The molecular weight excluding hydrogens is 959 g/mol. The highest BCUT2D eigenvalue weighted by Crippen LogP contribution is 2.48. The van der Waals surface area contributed by atoms with E-state index in [1.165, 1.54) is 64.9 Å². The monoisotopic (exact) mass is 1010 g/mol. The number of benzene rings is 13. The van der Waals surface area contributed by atoms with Crippen molar-refractivity contribution < 1.29 is 0 Å². The summed E-state index contributed by atoms with van der Waals surface area (Å²) in [6.07, 6.45) is 0. The predicted molar refractivity (Wildman–Crippen MR) is 334 cm³/mol. The minimum absolute atomic E-state index is 1.09. The molecule has 3 heterocycles. The topological polar surface area (TPSA) is 21.3 Å². The van der Waals surface area contributed by atoms with E-state index in [0.29, 0.717) is 0 Å². The summed E-state index contributed by atoms with van der Waals surface area (Å²) in [6.45, 7) is 0. The molecule has 0 spiro atoms. The van der Waals surface area contributed by atoms with Gasteiger partial charge in [-0.25, -0.2) is 0 Å². The Kier molecular flexibility index (Phi) is 10.2. The summed E-state index contributed by atoms with van der Waals surface area (Å²) in [6, 6.07) is 108. The maximum Gasteiger partial charge on any atom is 0.0641 e. The Bertz CT molecular complexity index is 4690. The molecule has 5 nitrogen and oxygen atoms in total. The van der Waals surface area contributed by atoms with Crippen molar-refractivity contribution in [2.45, 2.75) is 0 Å². The van der Waals surface area contributed by atoms with Gasteiger partial charge in [0.25, 0.3) is 0 Å². The van der Waals surface area contributed by atoms with Crippen LogP contribution in [0.1, 0.15) is 0 Å². The van der Waals surface area contributed by atoms with Gasteiger partial charge in [-0.3, -0.25) is 0 Å². The zero-order valence-corrected chi connectivity index (χ0v) is 43.0. The van der Waals surface area contributed by atoms with Crippen molar-refractivity contribution in [1.29, 1.82) is 0 Å². The second-order valence-corrected chi connectivity index (χ2v) is 20.5. The molecule has 13 aromatic carbocycles. The first kappa shape index (κ1) is 44.7. The number of rotatable bonds is 9. The van der Waals surface area contributed by atoms with Crippen LogP contribution in [-0.2, 0) is 0 Å². The number of nitrogens with zero attached hydrogens (tertiary/aromatic N) is 5. The van der Waals surface area contributed by atoms with E-state index in [1.807, 2.05) is 0 Å². The normalized spacial score (nSPS) is 11.8. The third kappa shape index (κ3) is 6.96. The number of para-hydroxylation sites is 5. The molecule has 79 heavy (non-hydrogen) atoms. The Labute approximate surface area is 456 Å². The highest BCUT2D eigenvalue weighted by atomic mass is 15.2. The summed E-state index contributed by atoms with van der Waals surface area (Å²) < 4.78 is 7.46. The minimum atomic E-state index is 1.09. The zero-order valence-electron chi connectivity index (χ0n) is 43.0. The Balaban J connectivity index is 0.896. The van der Waals surface area contributed by atoms with E-state index in [1.54, 1.807) is 0 Å². The quantitative estimate of drug-likeness (QED) is 0.144. The largest absolute Gasteiger partial charge is 0.310 e. The van der Waals surface area contributed by atoms with Gasteiger partial charge in [-0.2, -0.15) is 0 Å². The second-order valence-electron chi connectivity index (χ2n) is 20.5. The fourth-order valence-corrected chi connectivity index (χ4v) is 12.8. The molecule has 0 amide bonds. The molecule has 0 fully saturated rings. The molecule has 3 aromatic heterocycles. The summed E-state index contributed by atoms with van der Waals surface area (Å²) in [5.41, 5.74) is 17.0. The van der Waals surface area contributed by atoms with Gasteiger partial charge >= 0.3 is 0 Å².